The Morgan fingerprint density at radius 3 is 2.81 bits per heavy atom. The summed E-state index contributed by atoms with van der Waals surface area (Å²) in [5.74, 6) is 0.845. The van der Waals surface area contributed by atoms with E-state index in [0.717, 1.165) is 18.7 Å². The second-order valence-corrected chi connectivity index (χ2v) is 4.96. The van der Waals surface area contributed by atoms with Gasteiger partial charge in [-0.1, -0.05) is 0 Å². The van der Waals surface area contributed by atoms with Gasteiger partial charge in [0, 0.05) is 24.6 Å². The van der Waals surface area contributed by atoms with Crippen molar-refractivity contribution < 1.29 is 9.90 Å². The van der Waals surface area contributed by atoms with Gasteiger partial charge in [-0.25, -0.2) is 4.98 Å². The molecular weight excluding hydrogens is 204 g/mol. The average Bonchev–Trinajstić information content (AvgIpc) is 3.04. The Kier molecular flexibility index (Phi) is 2.06. The molecule has 0 radical (unpaired) electrons. The monoisotopic (exact) mass is 220 g/mol. The van der Waals surface area contributed by atoms with Gasteiger partial charge in [-0.05, 0) is 26.2 Å². The maximum Gasteiger partial charge on any atom is 0.308 e. The van der Waals surface area contributed by atoms with Gasteiger partial charge in [-0.2, -0.15) is 0 Å². The van der Waals surface area contributed by atoms with Crippen molar-refractivity contribution in [2.45, 2.75) is 45.1 Å². The van der Waals surface area contributed by atoms with Gasteiger partial charge in [0.15, 0.2) is 0 Å². The number of carbonyl (C=O) groups is 1. The van der Waals surface area contributed by atoms with E-state index >= 15 is 0 Å². The van der Waals surface area contributed by atoms with E-state index in [2.05, 4.69) is 16.5 Å². The van der Waals surface area contributed by atoms with Crippen LogP contribution in [0.4, 0.5) is 0 Å². The summed E-state index contributed by atoms with van der Waals surface area (Å²) in [7, 11) is 0. The Labute approximate surface area is 94.3 Å². The van der Waals surface area contributed by atoms with Crippen molar-refractivity contribution >= 4 is 5.97 Å². The third-order valence-corrected chi connectivity index (χ3v) is 3.77. The summed E-state index contributed by atoms with van der Waals surface area (Å²) in [6.07, 6.45) is 4.04. The van der Waals surface area contributed by atoms with Crippen LogP contribution in [0.1, 0.15) is 42.4 Å². The lowest BCUT2D eigenvalue weighted by molar-refractivity contribution is -0.142. The summed E-state index contributed by atoms with van der Waals surface area (Å²) < 4.78 is 2.12. The molecule has 1 fully saturated rings. The molecule has 0 bridgehead atoms. The lowest BCUT2D eigenvalue weighted by Crippen LogP contribution is -2.27. The summed E-state index contributed by atoms with van der Waals surface area (Å²) in [5, 5.41) is 9.05. The SMILES string of the molecule is Cc1c(C2CC2)nc2n1CC(C(=O)O)CC2. The topological polar surface area (TPSA) is 55.1 Å². The fourth-order valence-electron chi connectivity index (χ4n) is 2.61. The normalized spacial score (nSPS) is 24.2. The highest BCUT2D eigenvalue weighted by molar-refractivity contribution is 5.70. The molecule has 1 saturated carbocycles. The summed E-state index contributed by atoms with van der Waals surface area (Å²) in [6, 6.07) is 0. The molecule has 0 amide bonds. The van der Waals surface area contributed by atoms with Crippen LogP contribution in [0.15, 0.2) is 0 Å². The van der Waals surface area contributed by atoms with Crippen molar-refractivity contribution in [1.82, 2.24) is 9.55 Å². The second-order valence-electron chi connectivity index (χ2n) is 4.96. The largest absolute Gasteiger partial charge is 0.481 e. The van der Waals surface area contributed by atoms with Crippen molar-refractivity contribution in [1.29, 1.82) is 0 Å². The van der Waals surface area contributed by atoms with Crippen LogP contribution in [0, 0.1) is 12.8 Å². The predicted molar refractivity (Wildman–Crippen MR) is 58.4 cm³/mol. The molecule has 1 N–H and O–H groups in total. The molecule has 1 aromatic heterocycles. The minimum atomic E-state index is -0.674. The van der Waals surface area contributed by atoms with Gasteiger partial charge in [0.1, 0.15) is 5.82 Å². The number of carboxylic acids is 1. The van der Waals surface area contributed by atoms with Crippen LogP contribution in [0.3, 0.4) is 0 Å². The minimum Gasteiger partial charge on any atom is -0.481 e. The number of imidazole rings is 1. The maximum absolute atomic E-state index is 11.0. The van der Waals surface area contributed by atoms with Gasteiger partial charge in [0.25, 0.3) is 0 Å². The molecule has 4 nitrogen and oxygen atoms in total. The summed E-state index contributed by atoms with van der Waals surface area (Å²) in [4.78, 5) is 15.7. The van der Waals surface area contributed by atoms with Gasteiger partial charge < -0.3 is 9.67 Å². The van der Waals surface area contributed by atoms with Crippen molar-refractivity contribution in [3.8, 4) is 0 Å². The molecule has 1 atom stereocenters. The molecule has 0 aromatic carbocycles. The number of hydrogen-bond acceptors (Lipinski definition) is 2. The standard InChI is InChI=1S/C12H16N2O2/c1-7-11(8-2-3-8)13-10-5-4-9(12(15)16)6-14(7)10/h8-9H,2-6H2,1H3,(H,15,16). The smallest absolute Gasteiger partial charge is 0.308 e. The first-order chi connectivity index (χ1) is 7.66. The molecule has 2 aliphatic rings. The molecule has 1 unspecified atom stereocenters. The van der Waals surface area contributed by atoms with E-state index in [4.69, 9.17) is 5.11 Å². The molecule has 86 valence electrons. The van der Waals surface area contributed by atoms with Gasteiger partial charge in [0.2, 0.25) is 0 Å². The molecule has 3 rings (SSSR count). The van der Waals surface area contributed by atoms with E-state index in [0.29, 0.717) is 12.5 Å². The fraction of sp³-hybridized carbons (Fsp3) is 0.667. The Balaban J connectivity index is 1.94. The number of aliphatic carboxylic acids is 1. The molecule has 4 heteroatoms. The fourth-order valence-corrected chi connectivity index (χ4v) is 2.61. The van der Waals surface area contributed by atoms with E-state index in [1.165, 1.54) is 24.2 Å². The molecule has 16 heavy (non-hydrogen) atoms. The molecular formula is C12H16N2O2. The molecule has 1 aromatic rings. The Morgan fingerprint density at radius 1 is 1.44 bits per heavy atom. The highest BCUT2D eigenvalue weighted by Crippen LogP contribution is 2.41. The lowest BCUT2D eigenvalue weighted by atomic mass is 10.00. The zero-order valence-electron chi connectivity index (χ0n) is 9.44. The van der Waals surface area contributed by atoms with Crippen molar-refractivity contribution in [2.24, 2.45) is 5.92 Å². The first-order valence-corrected chi connectivity index (χ1v) is 5.95. The van der Waals surface area contributed by atoms with Gasteiger partial charge in [0.05, 0.1) is 11.6 Å². The van der Waals surface area contributed by atoms with Crippen molar-refractivity contribution in [3.05, 3.63) is 17.2 Å². The highest BCUT2D eigenvalue weighted by atomic mass is 16.4. The average molecular weight is 220 g/mol. The zero-order chi connectivity index (χ0) is 11.3. The molecule has 2 heterocycles. The number of rotatable bonds is 2. The van der Waals surface area contributed by atoms with Gasteiger partial charge in [-0.15, -0.1) is 0 Å². The number of hydrogen-bond donors (Lipinski definition) is 1. The van der Waals surface area contributed by atoms with Crippen LogP contribution >= 0.6 is 0 Å². The number of carboxylic acid groups (broad SMARTS) is 1. The molecule has 0 saturated heterocycles. The number of aryl methyl sites for hydroxylation is 1. The second kappa shape index (κ2) is 3.34. The third-order valence-electron chi connectivity index (χ3n) is 3.77. The van der Waals surface area contributed by atoms with Crippen LogP contribution in [-0.4, -0.2) is 20.6 Å². The Hall–Kier alpha value is -1.32. The number of nitrogens with zero attached hydrogens (tertiary/aromatic N) is 2. The Morgan fingerprint density at radius 2 is 2.19 bits per heavy atom. The Bertz CT molecular complexity index is 446. The summed E-state index contributed by atoms with van der Waals surface area (Å²) in [5.41, 5.74) is 2.42. The van der Waals surface area contributed by atoms with E-state index in [-0.39, 0.29) is 5.92 Å². The molecule has 1 aliphatic carbocycles. The van der Waals surface area contributed by atoms with Crippen LogP contribution in [0.2, 0.25) is 0 Å². The number of aromatic nitrogens is 2. The predicted octanol–water partition coefficient (Wildman–Crippen LogP) is 1.72. The quantitative estimate of drug-likeness (QED) is 0.825. The third kappa shape index (κ3) is 1.44. The van der Waals surface area contributed by atoms with E-state index in [1.807, 2.05) is 0 Å². The van der Waals surface area contributed by atoms with E-state index in [1.54, 1.807) is 0 Å². The zero-order valence-corrected chi connectivity index (χ0v) is 9.44. The minimum absolute atomic E-state index is 0.229. The number of fused-ring (bicyclic) bond motifs is 1. The van der Waals surface area contributed by atoms with E-state index in [9.17, 15) is 4.79 Å². The van der Waals surface area contributed by atoms with Crippen molar-refractivity contribution in [3.63, 3.8) is 0 Å². The summed E-state index contributed by atoms with van der Waals surface area (Å²) >= 11 is 0. The molecule has 1 aliphatic heterocycles. The van der Waals surface area contributed by atoms with Crippen LogP contribution in [0.25, 0.3) is 0 Å². The van der Waals surface area contributed by atoms with Crippen molar-refractivity contribution in [2.75, 3.05) is 0 Å². The first-order valence-electron chi connectivity index (χ1n) is 5.95. The van der Waals surface area contributed by atoms with Crippen LogP contribution in [-0.2, 0) is 17.8 Å². The van der Waals surface area contributed by atoms with E-state index < -0.39 is 5.97 Å². The first kappa shape index (κ1) is 9.87. The lowest BCUT2D eigenvalue weighted by Gasteiger charge is -2.21. The van der Waals surface area contributed by atoms with Gasteiger partial charge >= 0.3 is 5.97 Å². The maximum atomic E-state index is 11.0. The summed E-state index contributed by atoms with van der Waals surface area (Å²) in [6.45, 7) is 2.69. The molecule has 0 spiro atoms. The highest BCUT2D eigenvalue weighted by Gasteiger charge is 2.33. The van der Waals surface area contributed by atoms with Crippen LogP contribution in [0.5, 0.6) is 0 Å². The van der Waals surface area contributed by atoms with Crippen LogP contribution < -0.4 is 0 Å². The van der Waals surface area contributed by atoms with Gasteiger partial charge in [-0.3, -0.25) is 4.79 Å².